The maximum atomic E-state index is 11.7. The molecule has 1 unspecified atom stereocenters. The second-order valence-corrected chi connectivity index (χ2v) is 4.12. The van der Waals surface area contributed by atoms with E-state index in [-0.39, 0.29) is 11.9 Å². The molecule has 3 heteroatoms. The van der Waals surface area contributed by atoms with Gasteiger partial charge in [-0.25, -0.2) is 0 Å². The van der Waals surface area contributed by atoms with Crippen molar-refractivity contribution in [2.45, 2.75) is 18.9 Å². The molecular formula is C14H20N2O. The van der Waals surface area contributed by atoms with E-state index in [4.69, 9.17) is 5.73 Å². The van der Waals surface area contributed by atoms with E-state index < -0.39 is 0 Å². The highest BCUT2D eigenvalue weighted by atomic mass is 16.2. The fraction of sp³-hybridized carbons (Fsp3) is 0.357. The highest BCUT2D eigenvalue weighted by Crippen LogP contribution is 2.15. The Kier molecular flexibility index (Phi) is 5.43. The Labute approximate surface area is 103 Å². The molecule has 2 N–H and O–H groups in total. The molecule has 0 fully saturated rings. The van der Waals surface area contributed by atoms with Gasteiger partial charge in [-0.1, -0.05) is 36.4 Å². The average Bonchev–Trinajstić information content (AvgIpc) is 2.36. The van der Waals surface area contributed by atoms with E-state index in [1.165, 1.54) is 0 Å². The zero-order chi connectivity index (χ0) is 12.7. The first-order chi connectivity index (χ1) is 8.15. The van der Waals surface area contributed by atoms with Gasteiger partial charge in [0, 0.05) is 26.1 Å². The predicted molar refractivity (Wildman–Crippen MR) is 70.4 cm³/mol. The van der Waals surface area contributed by atoms with E-state index >= 15 is 0 Å². The van der Waals surface area contributed by atoms with Gasteiger partial charge in [0.1, 0.15) is 0 Å². The second-order valence-electron chi connectivity index (χ2n) is 4.12. The van der Waals surface area contributed by atoms with Crippen molar-refractivity contribution in [1.29, 1.82) is 0 Å². The van der Waals surface area contributed by atoms with Crippen molar-refractivity contribution in [2.24, 2.45) is 5.73 Å². The number of nitrogens with two attached hydrogens (primary N) is 1. The Hall–Kier alpha value is -1.61. The molecule has 17 heavy (non-hydrogen) atoms. The van der Waals surface area contributed by atoms with Crippen LogP contribution in [0.15, 0.2) is 43.0 Å². The number of carbonyl (C=O) groups excluding carboxylic acids is 1. The average molecular weight is 232 g/mol. The Morgan fingerprint density at radius 2 is 2.12 bits per heavy atom. The van der Waals surface area contributed by atoms with Crippen molar-refractivity contribution >= 4 is 5.91 Å². The van der Waals surface area contributed by atoms with E-state index in [1.807, 2.05) is 30.3 Å². The number of rotatable bonds is 6. The van der Waals surface area contributed by atoms with Crippen molar-refractivity contribution < 1.29 is 4.79 Å². The van der Waals surface area contributed by atoms with Crippen LogP contribution in [-0.4, -0.2) is 24.4 Å². The number of amides is 1. The number of nitrogens with zero attached hydrogens (tertiary/aromatic N) is 1. The minimum atomic E-state index is -0.0720. The van der Waals surface area contributed by atoms with Crippen molar-refractivity contribution in [3.63, 3.8) is 0 Å². The van der Waals surface area contributed by atoms with Gasteiger partial charge in [-0.15, -0.1) is 6.58 Å². The van der Waals surface area contributed by atoms with Crippen molar-refractivity contribution in [2.75, 3.05) is 13.6 Å². The molecule has 1 rings (SSSR count). The van der Waals surface area contributed by atoms with Crippen molar-refractivity contribution in [3.8, 4) is 0 Å². The van der Waals surface area contributed by atoms with Gasteiger partial charge in [0.05, 0.1) is 0 Å². The summed E-state index contributed by atoms with van der Waals surface area (Å²) in [5.74, 6) is 0.108. The molecule has 0 aromatic heterocycles. The zero-order valence-corrected chi connectivity index (χ0v) is 10.3. The van der Waals surface area contributed by atoms with Gasteiger partial charge in [-0.05, 0) is 12.0 Å². The molecule has 92 valence electrons. The summed E-state index contributed by atoms with van der Waals surface area (Å²) in [5, 5.41) is 0. The lowest BCUT2D eigenvalue weighted by atomic mass is 10.0. The molecule has 0 saturated carbocycles. The van der Waals surface area contributed by atoms with Crippen LogP contribution in [0.3, 0.4) is 0 Å². The minimum Gasteiger partial charge on any atom is -0.342 e. The molecule has 0 heterocycles. The van der Waals surface area contributed by atoms with Crippen LogP contribution in [0.25, 0.3) is 0 Å². The Morgan fingerprint density at radius 3 is 2.71 bits per heavy atom. The normalized spacial score (nSPS) is 11.9. The minimum absolute atomic E-state index is 0.0720. The number of hydrogen-bond donors (Lipinski definition) is 1. The van der Waals surface area contributed by atoms with E-state index in [1.54, 1.807) is 18.0 Å². The zero-order valence-electron chi connectivity index (χ0n) is 10.3. The molecule has 0 aliphatic carbocycles. The fourth-order valence-corrected chi connectivity index (χ4v) is 1.63. The Balaban J connectivity index is 2.41. The van der Waals surface area contributed by atoms with E-state index in [0.29, 0.717) is 19.4 Å². The summed E-state index contributed by atoms with van der Waals surface area (Å²) in [6.07, 6.45) is 2.86. The second kappa shape index (κ2) is 6.86. The van der Waals surface area contributed by atoms with Gasteiger partial charge in [-0.3, -0.25) is 4.79 Å². The van der Waals surface area contributed by atoms with Crippen LogP contribution in [-0.2, 0) is 4.79 Å². The maximum absolute atomic E-state index is 11.7. The van der Waals surface area contributed by atoms with Crippen LogP contribution in [0.2, 0.25) is 0 Å². The molecule has 0 spiro atoms. The van der Waals surface area contributed by atoms with Gasteiger partial charge in [0.25, 0.3) is 0 Å². The summed E-state index contributed by atoms with van der Waals surface area (Å²) in [6.45, 7) is 4.19. The van der Waals surface area contributed by atoms with Crippen molar-refractivity contribution in [1.82, 2.24) is 4.90 Å². The molecule has 0 radical (unpaired) electrons. The van der Waals surface area contributed by atoms with Crippen LogP contribution in [0.4, 0.5) is 0 Å². The Morgan fingerprint density at radius 1 is 1.47 bits per heavy atom. The lowest BCUT2D eigenvalue weighted by molar-refractivity contribution is -0.129. The molecule has 0 bridgehead atoms. The molecule has 0 saturated heterocycles. The van der Waals surface area contributed by atoms with Crippen LogP contribution in [0.5, 0.6) is 0 Å². The summed E-state index contributed by atoms with van der Waals surface area (Å²) >= 11 is 0. The summed E-state index contributed by atoms with van der Waals surface area (Å²) < 4.78 is 0. The lowest BCUT2D eigenvalue weighted by Crippen LogP contribution is -2.27. The summed E-state index contributed by atoms with van der Waals surface area (Å²) in [6, 6.07) is 9.78. The maximum Gasteiger partial charge on any atom is 0.222 e. The van der Waals surface area contributed by atoms with Gasteiger partial charge < -0.3 is 10.6 Å². The third kappa shape index (κ3) is 4.41. The number of likely N-dealkylation sites (N-methyl/N-ethyl adjacent to an activating group) is 1. The monoisotopic (exact) mass is 232 g/mol. The van der Waals surface area contributed by atoms with Gasteiger partial charge in [-0.2, -0.15) is 0 Å². The van der Waals surface area contributed by atoms with E-state index in [2.05, 4.69) is 6.58 Å². The largest absolute Gasteiger partial charge is 0.342 e. The SMILES string of the molecule is C=CCN(C)C(=O)CCC(N)c1ccccc1. The topological polar surface area (TPSA) is 46.3 Å². The third-order valence-electron chi connectivity index (χ3n) is 2.73. The molecule has 1 amide bonds. The summed E-state index contributed by atoms with van der Waals surface area (Å²) in [5.41, 5.74) is 7.10. The number of hydrogen-bond acceptors (Lipinski definition) is 2. The molecule has 3 nitrogen and oxygen atoms in total. The molecule has 1 aromatic rings. The van der Waals surface area contributed by atoms with Gasteiger partial charge in [0.15, 0.2) is 0 Å². The van der Waals surface area contributed by atoms with Crippen LogP contribution in [0, 0.1) is 0 Å². The molecule has 0 aliphatic heterocycles. The first-order valence-electron chi connectivity index (χ1n) is 5.80. The quantitative estimate of drug-likeness (QED) is 0.764. The predicted octanol–water partition coefficient (Wildman–Crippen LogP) is 2.11. The van der Waals surface area contributed by atoms with Gasteiger partial charge in [0.2, 0.25) is 5.91 Å². The van der Waals surface area contributed by atoms with Crippen LogP contribution < -0.4 is 5.73 Å². The van der Waals surface area contributed by atoms with Gasteiger partial charge >= 0.3 is 0 Å². The number of benzene rings is 1. The lowest BCUT2D eigenvalue weighted by Gasteiger charge is -2.17. The molecular weight excluding hydrogens is 212 g/mol. The molecule has 1 atom stereocenters. The molecule has 0 aliphatic rings. The van der Waals surface area contributed by atoms with E-state index in [0.717, 1.165) is 5.56 Å². The highest BCUT2D eigenvalue weighted by molar-refractivity contribution is 5.76. The third-order valence-corrected chi connectivity index (χ3v) is 2.73. The van der Waals surface area contributed by atoms with Crippen molar-refractivity contribution in [3.05, 3.63) is 48.6 Å². The molecule has 1 aromatic carbocycles. The summed E-state index contributed by atoms with van der Waals surface area (Å²) in [4.78, 5) is 13.3. The Bertz CT molecular complexity index is 362. The highest BCUT2D eigenvalue weighted by Gasteiger charge is 2.11. The first-order valence-corrected chi connectivity index (χ1v) is 5.80. The fourth-order valence-electron chi connectivity index (χ4n) is 1.63. The first kappa shape index (κ1) is 13.5. The smallest absolute Gasteiger partial charge is 0.222 e. The van der Waals surface area contributed by atoms with Crippen LogP contribution in [0.1, 0.15) is 24.4 Å². The van der Waals surface area contributed by atoms with E-state index in [9.17, 15) is 4.79 Å². The summed E-state index contributed by atoms with van der Waals surface area (Å²) in [7, 11) is 1.78. The number of carbonyl (C=O) groups is 1. The standard InChI is InChI=1S/C14H20N2O/c1-3-11-16(2)14(17)10-9-13(15)12-7-5-4-6-8-12/h3-8,13H,1,9-11,15H2,2H3. The van der Waals surface area contributed by atoms with Crippen LogP contribution >= 0.6 is 0 Å².